The molecule has 4 rings (SSSR count). The van der Waals surface area contributed by atoms with Gasteiger partial charge in [0.2, 0.25) is 0 Å². The summed E-state index contributed by atoms with van der Waals surface area (Å²) in [4.78, 5) is 0. The molecule has 0 fully saturated rings. The Morgan fingerprint density at radius 3 is 1.52 bits per heavy atom. The van der Waals surface area contributed by atoms with Gasteiger partial charge in [0, 0.05) is 27.0 Å². The first-order chi connectivity index (χ1) is 18.6. The highest BCUT2D eigenvalue weighted by Crippen LogP contribution is 2.50. The summed E-state index contributed by atoms with van der Waals surface area (Å²) in [5, 5.41) is 1.47. The van der Waals surface area contributed by atoms with Crippen LogP contribution in [0.5, 0.6) is 5.75 Å². The number of alkyl halides is 3. The fraction of sp³-hybridized carbons (Fsp3) is 0.226. The summed E-state index contributed by atoms with van der Waals surface area (Å²) in [6.07, 6.45) is 0. The summed E-state index contributed by atoms with van der Waals surface area (Å²) in [6, 6.07) is 20.9. The predicted molar refractivity (Wildman–Crippen MR) is 155 cm³/mol. The van der Waals surface area contributed by atoms with Crippen molar-refractivity contribution in [2.75, 3.05) is 0 Å². The van der Waals surface area contributed by atoms with Crippen LogP contribution in [0, 0.1) is 41.5 Å². The molecule has 0 unspecified atom stereocenters. The van der Waals surface area contributed by atoms with Crippen molar-refractivity contribution in [3.63, 3.8) is 0 Å². The number of hydrogen-bond acceptors (Lipinski definition) is 4. The Labute approximate surface area is 233 Å². The maximum absolute atomic E-state index is 15.5. The minimum atomic E-state index is -5.98. The predicted octanol–water partition coefficient (Wildman–Crippen LogP) is 7.07. The van der Waals surface area contributed by atoms with Gasteiger partial charge in [0.15, 0.2) is 12.9 Å². The summed E-state index contributed by atoms with van der Waals surface area (Å²) >= 11 is 0. The highest BCUT2D eigenvalue weighted by atomic mass is 32.2. The first-order valence-electron chi connectivity index (χ1n) is 12.6. The molecule has 0 N–H and O–H groups in total. The number of benzene rings is 4. The maximum atomic E-state index is 15.5. The fourth-order valence-corrected chi connectivity index (χ4v) is 8.39. The van der Waals surface area contributed by atoms with Crippen LogP contribution in [0.3, 0.4) is 0 Å². The second kappa shape index (κ2) is 10.6. The molecule has 0 aliphatic rings. The molecule has 4 aromatic rings. The molecule has 0 saturated heterocycles. The first kappa shape index (κ1) is 29.6. The quantitative estimate of drug-likeness (QED) is 0.138. The Morgan fingerprint density at radius 1 is 0.650 bits per heavy atom. The molecule has 0 saturated carbocycles. The fourth-order valence-electron chi connectivity index (χ4n) is 4.91. The Bertz CT molecular complexity index is 1700. The normalized spacial score (nSPS) is 12.4. The topological polar surface area (TPSA) is 60.4 Å². The van der Waals surface area contributed by atoms with E-state index in [0.29, 0.717) is 38.2 Å². The van der Waals surface area contributed by atoms with E-state index < -0.39 is 28.5 Å². The molecular weight excluding hydrogens is 556 g/mol. The third-order valence-electron chi connectivity index (χ3n) is 7.57. The number of hydrogen-bond donors (Lipinski definition) is 0. The van der Waals surface area contributed by atoms with Gasteiger partial charge in [-0.3, -0.25) is 0 Å². The Hall–Kier alpha value is -3.35. The molecule has 0 amide bonds. The molecular formula is C31H30F3O4PS. The van der Waals surface area contributed by atoms with Crippen molar-refractivity contribution in [1.82, 2.24) is 0 Å². The Morgan fingerprint density at radius 2 is 1.07 bits per heavy atom. The summed E-state index contributed by atoms with van der Waals surface area (Å²) in [5.41, 5.74) is -0.859. The van der Waals surface area contributed by atoms with E-state index in [4.69, 9.17) is 4.18 Å². The van der Waals surface area contributed by atoms with Crippen LogP contribution in [-0.2, 0) is 14.7 Å². The highest BCUT2D eigenvalue weighted by Gasteiger charge is 2.49. The average Bonchev–Trinajstić information content (AvgIpc) is 2.91. The smallest absolute Gasteiger partial charge is 0.375 e. The van der Waals surface area contributed by atoms with Crippen molar-refractivity contribution in [3.8, 4) is 16.9 Å². The molecule has 0 atom stereocenters. The van der Waals surface area contributed by atoms with Gasteiger partial charge in [-0.05, 0) is 87.1 Å². The molecule has 210 valence electrons. The van der Waals surface area contributed by atoms with Crippen molar-refractivity contribution in [3.05, 3.63) is 106 Å². The zero-order chi connectivity index (χ0) is 29.6. The van der Waals surface area contributed by atoms with Gasteiger partial charge in [-0.2, -0.15) is 21.6 Å². The number of rotatable bonds is 6. The SMILES string of the molecule is Cc1cc(OS(=O)(=O)C(F)(F)F)c(-c2c(P(=O)(c3ccccc3)c3ccccc3)cc(C)c(C)c2C)c(C)c1C. The Kier molecular flexibility index (Phi) is 7.83. The van der Waals surface area contributed by atoms with Gasteiger partial charge < -0.3 is 8.75 Å². The maximum Gasteiger partial charge on any atom is 0.534 e. The van der Waals surface area contributed by atoms with Gasteiger partial charge >= 0.3 is 15.6 Å². The van der Waals surface area contributed by atoms with Crippen molar-refractivity contribution in [2.45, 2.75) is 47.1 Å². The number of halogens is 3. The lowest BCUT2D eigenvalue weighted by molar-refractivity contribution is -0.0499. The van der Waals surface area contributed by atoms with Crippen molar-refractivity contribution in [2.24, 2.45) is 0 Å². The van der Waals surface area contributed by atoms with Gasteiger partial charge in [0.25, 0.3) is 0 Å². The molecule has 4 nitrogen and oxygen atoms in total. The van der Waals surface area contributed by atoms with E-state index in [1.54, 1.807) is 82.3 Å². The minimum absolute atomic E-state index is 0.165. The largest absolute Gasteiger partial charge is 0.534 e. The van der Waals surface area contributed by atoms with E-state index in [-0.39, 0.29) is 5.56 Å². The van der Waals surface area contributed by atoms with E-state index in [0.717, 1.165) is 16.7 Å². The van der Waals surface area contributed by atoms with Gasteiger partial charge in [-0.1, -0.05) is 60.7 Å². The molecule has 0 spiro atoms. The van der Waals surface area contributed by atoms with Gasteiger partial charge in [0.1, 0.15) is 0 Å². The summed E-state index contributed by atoms with van der Waals surface area (Å²) in [6.45, 7) is 10.7. The van der Waals surface area contributed by atoms with Gasteiger partial charge in [-0.25, -0.2) is 0 Å². The summed E-state index contributed by atoms with van der Waals surface area (Å²) in [5.74, 6) is -0.460. The van der Waals surface area contributed by atoms with Crippen LogP contribution < -0.4 is 20.1 Å². The van der Waals surface area contributed by atoms with E-state index in [9.17, 15) is 21.6 Å². The first-order valence-corrected chi connectivity index (χ1v) is 15.7. The third-order valence-corrected chi connectivity index (χ3v) is 11.6. The lowest BCUT2D eigenvalue weighted by Crippen LogP contribution is -2.29. The van der Waals surface area contributed by atoms with Crippen LogP contribution >= 0.6 is 7.14 Å². The molecule has 4 aromatic carbocycles. The minimum Gasteiger partial charge on any atom is -0.375 e. The summed E-state index contributed by atoms with van der Waals surface area (Å²) < 4.78 is 85.3. The molecule has 0 aliphatic heterocycles. The van der Waals surface area contributed by atoms with Gasteiger partial charge in [-0.15, -0.1) is 0 Å². The van der Waals surface area contributed by atoms with Crippen LogP contribution in [0.1, 0.15) is 33.4 Å². The molecule has 0 heterocycles. The highest BCUT2D eigenvalue weighted by molar-refractivity contribution is 7.88. The van der Waals surface area contributed by atoms with Gasteiger partial charge in [0.05, 0.1) is 0 Å². The summed E-state index contributed by atoms with van der Waals surface area (Å²) in [7, 11) is -9.61. The third kappa shape index (κ3) is 4.99. The van der Waals surface area contributed by atoms with Crippen LogP contribution in [0.2, 0.25) is 0 Å². The van der Waals surface area contributed by atoms with Crippen molar-refractivity contribution < 1.29 is 30.3 Å². The van der Waals surface area contributed by atoms with Crippen molar-refractivity contribution >= 4 is 33.2 Å². The van der Waals surface area contributed by atoms with E-state index >= 15 is 4.57 Å². The van der Waals surface area contributed by atoms with E-state index in [2.05, 4.69) is 0 Å². The molecule has 9 heteroatoms. The second-order valence-corrected chi connectivity index (χ2v) is 14.2. The van der Waals surface area contributed by atoms with Crippen LogP contribution in [0.4, 0.5) is 13.2 Å². The molecule has 0 aliphatic carbocycles. The standard InChI is InChI=1S/C31H30F3O4PS/c1-19-17-27(38-40(36,37)31(32,33)34)29(23(5)21(19)3)30-24(6)22(4)20(2)18-28(30)39(35,25-13-9-7-10-14-25)26-15-11-8-12-16-26/h7-18H,1-6H3. The zero-order valence-corrected chi connectivity index (χ0v) is 24.8. The van der Waals surface area contributed by atoms with Crippen LogP contribution in [0.25, 0.3) is 11.1 Å². The lowest BCUT2D eigenvalue weighted by atomic mass is 9.88. The van der Waals surface area contributed by atoms with Crippen molar-refractivity contribution in [1.29, 1.82) is 0 Å². The average molecular weight is 587 g/mol. The molecule has 0 bridgehead atoms. The molecule has 0 radical (unpaired) electrons. The van der Waals surface area contributed by atoms with Crippen LogP contribution in [-0.4, -0.2) is 13.9 Å². The molecule has 0 aromatic heterocycles. The Balaban J connectivity index is 2.21. The molecule has 40 heavy (non-hydrogen) atoms. The zero-order valence-electron chi connectivity index (χ0n) is 23.1. The second-order valence-electron chi connectivity index (χ2n) is 9.92. The lowest BCUT2D eigenvalue weighted by Gasteiger charge is -2.28. The van der Waals surface area contributed by atoms with E-state index in [1.165, 1.54) is 6.07 Å². The van der Waals surface area contributed by atoms with E-state index in [1.807, 2.05) is 26.0 Å². The van der Waals surface area contributed by atoms with Crippen LogP contribution in [0.15, 0.2) is 72.8 Å². The monoisotopic (exact) mass is 586 g/mol. The number of aryl methyl sites for hydroxylation is 2.